The zero-order valence-corrected chi connectivity index (χ0v) is 19.6. The maximum absolute atomic E-state index is 12.9. The minimum absolute atomic E-state index is 0.124. The van der Waals surface area contributed by atoms with E-state index in [1.54, 1.807) is 18.2 Å². The van der Waals surface area contributed by atoms with Crippen molar-refractivity contribution in [1.29, 1.82) is 0 Å². The molecule has 1 aromatic heterocycles. The van der Waals surface area contributed by atoms with Crippen LogP contribution in [0.3, 0.4) is 0 Å². The molecular formula is C24H22ClNO4S2. The Morgan fingerprint density at radius 1 is 1.03 bits per heavy atom. The highest BCUT2D eigenvalue weighted by molar-refractivity contribution is 7.91. The maximum atomic E-state index is 12.9. The number of carbonyl (C=O) groups is 1. The van der Waals surface area contributed by atoms with Crippen LogP contribution in [0.2, 0.25) is 4.34 Å². The lowest BCUT2D eigenvalue weighted by Gasteiger charge is -2.22. The third-order valence-corrected chi connectivity index (χ3v) is 8.73. The van der Waals surface area contributed by atoms with Crippen LogP contribution >= 0.6 is 22.9 Å². The molecule has 0 N–H and O–H groups in total. The van der Waals surface area contributed by atoms with Crippen molar-refractivity contribution >= 4 is 38.7 Å². The molecule has 4 rings (SSSR count). The molecule has 0 aliphatic carbocycles. The Labute approximate surface area is 197 Å². The Morgan fingerprint density at radius 3 is 2.44 bits per heavy atom. The Hall–Kier alpha value is -2.45. The maximum Gasteiger partial charge on any atom is 0.253 e. The van der Waals surface area contributed by atoms with Gasteiger partial charge in [-0.1, -0.05) is 66.2 Å². The summed E-state index contributed by atoms with van der Waals surface area (Å²) in [5, 5.41) is 0. The van der Waals surface area contributed by atoms with E-state index >= 15 is 0 Å². The van der Waals surface area contributed by atoms with Gasteiger partial charge in [-0.3, -0.25) is 4.79 Å². The van der Waals surface area contributed by atoms with Crippen LogP contribution in [0.5, 0.6) is 5.75 Å². The second-order valence-electron chi connectivity index (χ2n) is 7.39. The van der Waals surface area contributed by atoms with Gasteiger partial charge in [0, 0.05) is 13.0 Å². The van der Waals surface area contributed by atoms with E-state index in [9.17, 15) is 13.2 Å². The van der Waals surface area contributed by atoms with E-state index in [0.29, 0.717) is 17.4 Å². The number of para-hydroxylation sites is 1. The monoisotopic (exact) mass is 487 g/mol. The highest BCUT2D eigenvalue weighted by Crippen LogP contribution is 2.31. The molecule has 0 radical (unpaired) electrons. The molecule has 32 heavy (non-hydrogen) atoms. The Morgan fingerprint density at radius 2 is 1.75 bits per heavy atom. The van der Waals surface area contributed by atoms with Gasteiger partial charge >= 0.3 is 0 Å². The van der Waals surface area contributed by atoms with Gasteiger partial charge in [0.25, 0.3) is 10.0 Å². The van der Waals surface area contributed by atoms with Crippen molar-refractivity contribution in [2.45, 2.75) is 29.7 Å². The zero-order valence-electron chi connectivity index (χ0n) is 17.2. The van der Waals surface area contributed by atoms with Crippen LogP contribution in [0, 0.1) is 0 Å². The first-order valence-electron chi connectivity index (χ1n) is 10.2. The van der Waals surface area contributed by atoms with Crippen LogP contribution in [0.4, 0.5) is 0 Å². The summed E-state index contributed by atoms with van der Waals surface area (Å²) in [5.41, 5.74) is 2.05. The summed E-state index contributed by atoms with van der Waals surface area (Å²) in [6.07, 6.45) is 4.18. The van der Waals surface area contributed by atoms with Crippen LogP contribution in [0.15, 0.2) is 83.1 Å². The molecule has 2 heterocycles. The van der Waals surface area contributed by atoms with Crippen molar-refractivity contribution in [3.63, 3.8) is 0 Å². The summed E-state index contributed by atoms with van der Waals surface area (Å²) in [5.74, 6) is 0.692. The molecule has 0 unspecified atom stereocenters. The molecular weight excluding hydrogens is 466 g/mol. The summed E-state index contributed by atoms with van der Waals surface area (Å²) in [6, 6.07) is 19.8. The number of ether oxygens (including phenoxy) is 1. The lowest BCUT2D eigenvalue weighted by Crippen LogP contribution is -2.40. The third-order valence-electron chi connectivity index (χ3n) is 5.19. The normalized spacial score (nSPS) is 16.3. The molecule has 1 aliphatic rings. The summed E-state index contributed by atoms with van der Waals surface area (Å²) < 4.78 is 33.4. The molecule has 2 aromatic carbocycles. The highest BCUT2D eigenvalue weighted by Gasteiger charge is 2.36. The fraction of sp³-hybridized carbons (Fsp3) is 0.208. The van der Waals surface area contributed by atoms with Crippen LogP contribution in [-0.4, -0.2) is 31.1 Å². The molecule has 0 bridgehead atoms. The molecule has 1 aliphatic heterocycles. The highest BCUT2D eigenvalue weighted by atomic mass is 35.5. The van der Waals surface area contributed by atoms with Gasteiger partial charge in [0.15, 0.2) is 5.78 Å². The van der Waals surface area contributed by atoms with Crippen LogP contribution in [0.1, 0.15) is 17.5 Å². The number of benzene rings is 2. The van der Waals surface area contributed by atoms with E-state index < -0.39 is 16.1 Å². The number of carbonyl (C=O) groups excluding carboxylic acids is 1. The largest absolute Gasteiger partial charge is 0.489 e. The van der Waals surface area contributed by atoms with E-state index in [1.165, 1.54) is 10.4 Å². The van der Waals surface area contributed by atoms with E-state index in [0.717, 1.165) is 28.2 Å². The van der Waals surface area contributed by atoms with Gasteiger partial charge < -0.3 is 4.74 Å². The van der Waals surface area contributed by atoms with Crippen molar-refractivity contribution < 1.29 is 17.9 Å². The molecule has 0 fully saturated rings. The lowest BCUT2D eigenvalue weighted by atomic mass is 10.0. The Bertz CT molecular complexity index is 1200. The predicted octanol–water partition coefficient (Wildman–Crippen LogP) is 5.11. The number of halogens is 1. The van der Waals surface area contributed by atoms with Gasteiger partial charge in [0.2, 0.25) is 0 Å². The van der Waals surface area contributed by atoms with Crippen LogP contribution < -0.4 is 4.74 Å². The van der Waals surface area contributed by atoms with Gasteiger partial charge in [-0.2, -0.15) is 4.31 Å². The van der Waals surface area contributed by atoms with Gasteiger partial charge in [-0.15, -0.1) is 11.3 Å². The second kappa shape index (κ2) is 10.0. The lowest BCUT2D eigenvalue weighted by molar-refractivity contribution is -0.121. The number of rotatable bonds is 9. The minimum atomic E-state index is -3.76. The minimum Gasteiger partial charge on any atom is -0.489 e. The van der Waals surface area contributed by atoms with Gasteiger partial charge in [0.1, 0.15) is 22.6 Å². The predicted molar refractivity (Wildman–Crippen MR) is 127 cm³/mol. The standard InChI is InChI=1S/C24H22ClNO4S2/c25-23-14-15-24(31-23)32(28,29)26-16-4-7-21(26)22(27)13-12-18-8-10-19(11-9-18)17-30-20-5-2-1-3-6-20/h1-11,14-15,21H,12-13,16-17H2/t21-/m0/s1. The topological polar surface area (TPSA) is 63.7 Å². The number of thiophene rings is 1. The molecule has 0 saturated carbocycles. The molecule has 0 amide bonds. The fourth-order valence-corrected chi connectivity index (χ4v) is 6.60. The van der Waals surface area contributed by atoms with Gasteiger partial charge in [-0.05, 0) is 41.8 Å². The van der Waals surface area contributed by atoms with E-state index in [4.69, 9.17) is 16.3 Å². The number of hydrogen-bond donors (Lipinski definition) is 0. The molecule has 0 spiro atoms. The van der Waals surface area contributed by atoms with E-state index in [1.807, 2.05) is 54.6 Å². The SMILES string of the molecule is O=C(CCc1ccc(COc2ccccc2)cc1)[C@@H]1C=CCN1S(=O)(=O)c1ccc(Cl)s1. The van der Waals surface area contributed by atoms with E-state index in [2.05, 4.69) is 0 Å². The third kappa shape index (κ3) is 5.30. The number of Topliss-reactive ketones (excluding diaryl/α,β-unsaturated/α-hetero) is 1. The Kier molecular flexibility index (Phi) is 7.10. The van der Waals surface area contributed by atoms with Crippen LogP contribution in [-0.2, 0) is 27.8 Å². The molecule has 3 aromatic rings. The number of hydrogen-bond acceptors (Lipinski definition) is 5. The molecule has 1 atom stereocenters. The van der Waals surface area contributed by atoms with Crippen molar-refractivity contribution in [1.82, 2.24) is 4.31 Å². The van der Waals surface area contributed by atoms with Crippen LogP contribution in [0.25, 0.3) is 0 Å². The second-order valence-corrected chi connectivity index (χ2v) is 11.2. The van der Waals surface area contributed by atoms with Crippen molar-refractivity contribution in [2.24, 2.45) is 0 Å². The number of aryl methyl sites for hydroxylation is 1. The summed E-state index contributed by atoms with van der Waals surface area (Å²) in [6.45, 7) is 0.653. The molecule has 8 heteroatoms. The summed E-state index contributed by atoms with van der Waals surface area (Å²) in [7, 11) is -3.76. The number of ketones is 1. The smallest absolute Gasteiger partial charge is 0.253 e. The van der Waals surface area contributed by atoms with Crippen molar-refractivity contribution in [3.05, 3.63) is 94.3 Å². The number of sulfonamides is 1. The quantitative estimate of drug-likeness (QED) is 0.393. The number of nitrogens with zero attached hydrogens (tertiary/aromatic N) is 1. The van der Waals surface area contributed by atoms with E-state index in [-0.39, 0.29) is 23.0 Å². The average Bonchev–Trinajstić information content (AvgIpc) is 3.48. The zero-order chi connectivity index (χ0) is 22.6. The summed E-state index contributed by atoms with van der Waals surface area (Å²) in [4.78, 5) is 12.8. The van der Waals surface area contributed by atoms with Crippen molar-refractivity contribution in [3.8, 4) is 5.75 Å². The van der Waals surface area contributed by atoms with Gasteiger partial charge in [-0.25, -0.2) is 8.42 Å². The average molecular weight is 488 g/mol. The Balaban J connectivity index is 1.33. The first kappa shape index (κ1) is 22.7. The first-order chi connectivity index (χ1) is 15.4. The first-order valence-corrected chi connectivity index (χ1v) is 12.8. The summed E-state index contributed by atoms with van der Waals surface area (Å²) >= 11 is 6.89. The molecule has 166 valence electrons. The van der Waals surface area contributed by atoms with Gasteiger partial charge in [0.05, 0.1) is 4.34 Å². The molecule has 0 saturated heterocycles. The van der Waals surface area contributed by atoms with Crippen molar-refractivity contribution in [2.75, 3.05) is 6.54 Å². The molecule has 5 nitrogen and oxygen atoms in total. The fourth-order valence-electron chi connectivity index (χ4n) is 3.47.